The monoisotopic (exact) mass is 239 g/mol. The fourth-order valence-electron chi connectivity index (χ4n) is 1.59. The summed E-state index contributed by atoms with van der Waals surface area (Å²) in [6, 6.07) is -0.503. The van der Waals surface area contributed by atoms with E-state index in [2.05, 4.69) is 4.98 Å². The third-order valence-electron chi connectivity index (χ3n) is 2.48. The summed E-state index contributed by atoms with van der Waals surface area (Å²) in [5, 5.41) is 0. The minimum atomic E-state index is -0.621. The number of aromatic nitrogens is 2. The van der Waals surface area contributed by atoms with Gasteiger partial charge in [0.25, 0.3) is 5.56 Å². The highest BCUT2D eigenvalue weighted by atomic mass is 16.7. The Bertz CT molecular complexity index is 523. The van der Waals surface area contributed by atoms with E-state index in [1.807, 2.05) is 0 Å². The Morgan fingerprint density at radius 3 is 3.06 bits per heavy atom. The second-order valence-corrected chi connectivity index (χ2v) is 3.67. The zero-order valence-corrected chi connectivity index (χ0v) is 9.60. The highest BCUT2D eigenvalue weighted by Gasteiger charge is 2.28. The van der Waals surface area contributed by atoms with Crippen LogP contribution in [0.25, 0.3) is 0 Å². The van der Waals surface area contributed by atoms with Crippen molar-refractivity contribution in [2.75, 3.05) is 13.2 Å². The van der Waals surface area contributed by atoms with E-state index in [9.17, 15) is 9.59 Å². The molecule has 0 radical (unpaired) electrons. The Labute approximate surface area is 97.1 Å². The van der Waals surface area contributed by atoms with Crippen LogP contribution in [0.3, 0.4) is 0 Å². The number of esters is 1. The van der Waals surface area contributed by atoms with E-state index in [1.54, 1.807) is 6.92 Å². The maximum atomic E-state index is 11.9. The molecule has 92 valence electrons. The molecular weight excluding hydrogens is 226 g/mol. The normalized spacial score (nSPS) is 17.5. The van der Waals surface area contributed by atoms with Gasteiger partial charge in [0.05, 0.1) is 12.2 Å². The summed E-state index contributed by atoms with van der Waals surface area (Å²) in [6.45, 7) is 3.58. The molecular formula is C10H13N3O4. The predicted molar refractivity (Wildman–Crippen MR) is 57.6 cm³/mol. The Morgan fingerprint density at radius 2 is 2.41 bits per heavy atom. The molecule has 0 spiro atoms. The maximum absolute atomic E-state index is 11.9. The van der Waals surface area contributed by atoms with Crippen molar-refractivity contribution >= 4 is 5.97 Å². The summed E-state index contributed by atoms with van der Waals surface area (Å²) in [5.74, 6) is -0.367. The molecule has 0 aromatic carbocycles. The molecule has 0 fully saturated rings. The van der Waals surface area contributed by atoms with Crippen LogP contribution in [0.4, 0.5) is 0 Å². The smallest absolute Gasteiger partial charge is 0.357 e. The Morgan fingerprint density at radius 1 is 1.71 bits per heavy atom. The molecule has 1 aromatic rings. The topological polar surface area (TPSA) is 96.4 Å². The van der Waals surface area contributed by atoms with Crippen LogP contribution in [0.2, 0.25) is 0 Å². The van der Waals surface area contributed by atoms with Crippen molar-refractivity contribution in [3.8, 4) is 0 Å². The fraction of sp³-hybridized carbons (Fsp3) is 0.500. The van der Waals surface area contributed by atoms with Gasteiger partial charge in [0, 0.05) is 0 Å². The second-order valence-electron chi connectivity index (χ2n) is 3.67. The van der Waals surface area contributed by atoms with E-state index in [-0.39, 0.29) is 30.3 Å². The lowest BCUT2D eigenvalue weighted by molar-refractivity contribution is 0.0516. The zero-order valence-electron chi connectivity index (χ0n) is 9.60. The molecule has 7 heteroatoms. The van der Waals surface area contributed by atoms with Gasteiger partial charge in [0.1, 0.15) is 12.6 Å². The van der Waals surface area contributed by atoms with E-state index >= 15 is 0 Å². The summed E-state index contributed by atoms with van der Waals surface area (Å²) >= 11 is 0. The average Bonchev–Trinajstić information content (AvgIpc) is 2.66. The fourth-order valence-corrected chi connectivity index (χ4v) is 1.59. The maximum Gasteiger partial charge on any atom is 0.357 e. The molecule has 1 aromatic heterocycles. The lowest BCUT2D eigenvalue weighted by Crippen LogP contribution is -2.30. The molecule has 0 saturated heterocycles. The molecule has 2 rings (SSSR count). The summed E-state index contributed by atoms with van der Waals surface area (Å²) in [4.78, 5) is 32.6. The minimum Gasteiger partial charge on any atom is -0.461 e. The van der Waals surface area contributed by atoms with Crippen LogP contribution in [-0.4, -0.2) is 28.9 Å². The van der Waals surface area contributed by atoms with E-state index in [0.717, 1.165) is 4.73 Å². The summed E-state index contributed by atoms with van der Waals surface area (Å²) < 4.78 is 5.86. The van der Waals surface area contributed by atoms with Gasteiger partial charge in [-0.25, -0.2) is 9.78 Å². The van der Waals surface area contributed by atoms with Gasteiger partial charge in [-0.15, -0.1) is 4.73 Å². The average molecular weight is 239 g/mol. The van der Waals surface area contributed by atoms with E-state index in [4.69, 9.17) is 15.3 Å². The van der Waals surface area contributed by atoms with E-state index in [1.165, 1.54) is 6.92 Å². The SMILES string of the molecule is CCOC(=O)c1nc2n(c(=O)c1C)OCC2N. The molecule has 1 unspecified atom stereocenters. The van der Waals surface area contributed by atoms with Crippen LogP contribution >= 0.6 is 0 Å². The van der Waals surface area contributed by atoms with Gasteiger partial charge in [-0.3, -0.25) is 4.79 Å². The Kier molecular flexibility index (Phi) is 2.84. The number of ether oxygens (including phenoxy) is 1. The van der Waals surface area contributed by atoms with Gasteiger partial charge in [-0.2, -0.15) is 0 Å². The number of nitrogens with two attached hydrogens (primary N) is 1. The number of rotatable bonds is 2. The summed E-state index contributed by atoms with van der Waals surface area (Å²) in [5.41, 5.74) is 5.48. The molecule has 0 amide bonds. The molecule has 2 heterocycles. The predicted octanol–water partition coefficient (Wildman–Crippen LogP) is -0.830. The number of nitrogens with zero attached hydrogens (tertiary/aromatic N) is 2. The first-order chi connectivity index (χ1) is 8.06. The molecule has 1 aliphatic heterocycles. The first-order valence-electron chi connectivity index (χ1n) is 5.25. The molecule has 2 N–H and O–H groups in total. The molecule has 1 aliphatic rings. The van der Waals surface area contributed by atoms with E-state index in [0.29, 0.717) is 0 Å². The van der Waals surface area contributed by atoms with Crippen LogP contribution in [0.15, 0.2) is 4.79 Å². The lowest BCUT2D eigenvalue weighted by atomic mass is 10.2. The highest BCUT2D eigenvalue weighted by Crippen LogP contribution is 2.13. The zero-order chi connectivity index (χ0) is 12.6. The van der Waals surface area contributed by atoms with Crippen LogP contribution in [0.1, 0.15) is 34.8 Å². The van der Waals surface area contributed by atoms with Crippen molar-refractivity contribution in [3.63, 3.8) is 0 Å². The quantitative estimate of drug-likeness (QED) is 0.677. The van der Waals surface area contributed by atoms with Crippen molar-refractivity contribution in [2.24, 2.45) is 5.73 Å². The number of carbonyl (C=O) groups is 1. The Hall–Kier alpha value is -1.89. The molecule has 1 atom stereocenters. The first-order valence-corrected chi connectivity index (χ1v) is 5.25. The van der Waals surface area contributed by atoms with Gasteiger partial charge in [-0.05, 0) is 13.8 Å². The third kappa shape index (κ3) is 1.78. The van der Waals surface area contributed by atoms with Gasteiger partial charge < -0.3 is 15.3 Å². The van der Waals surface area contributed by atoms with Crippen LogP contribution in [0.5, 0.6) is 0 Å². The van der Waals surface area contributed by atoms with Gasteiger partial charge >= 0.3 is 5.97 Å². The standard InChI is InChI=1S/C10H13N3O4/c1-3-16-10(15)7-5(2)9(14)13-8(12-7)6(11)4-17-13/h6H,3-4,11H2,1-2H3. The second kappa shape index (κ2) is 4.17. The lowest BCUT2D eigenvalue weighted by Gasteiger charge is -2.08. The number of carbonyl (C=O) groups excluding carboxylic acids is 1. The minimum absolute atomic E-state index is 0.00375. The largest absolute Gasteiger partial charge is 0.461 e. The Balaban J connectivity index is 2.56. The van der Waals surface area contributed by atoms with Crippen molar-refractivity contribution in [1.82, 2.24) is 9.71 Å². The van der Waals surface area contributed by atoms with Gasteiger partial charge in [0.15, 0.2) is 11.5 Å². The molecule has 0 saturated carbocycles. The summed E-state index contributed by atoms with van der Waals surface area (Å²) in [6.07, 6.45) is 0. The first kappa shape index (κ1) is 11.6. The molecule has 17 heavy (non-hydrogen) atoms. The van der Waals surface area contributed by atoms with Crippen molar-refractivity contribution < 1.29 is 14.4 Å². The van der Waals surface area contributed by atoms with Crippen LogP contribution in [0, 0.1) is 6.92 Å². The van der Waals surface area contributed by atoms with Crippen LogP contribution in [-0.2, 0) is 4.74 Å². The van der Waals surface area contributed by atoms with Crippen molar-refractivity contribution in [2.45, 2.75) is 19.9 Å². The van der Waals surface area contributed by atoms with Crippen LogP contribution < -0.4 is 16.1 Å². The highest BCUT2D eigenvalue weighted by molar-refractivity contribution is 5.88. The molecule has 7 nitrogen and oxygen atoms in total. The van der Waals surface area contributed by atoms with Crippen molar-refractivity contribution in [3.05, 3.63) is 27.4 Å². The van der Waals surface area contributed by atoms with Gasteiger partial charge in [0.2, 0.25) is 0 Å². The van der Waals surface area contributed by atoms with Gasteiger partial charge in [-0.1, -0.05) is 0 Å². The number of hydrogen-bond donors (Lipinski definition) is 1. The number of fused-ring (bicyclic) bond motifs is 1. The summed E-state index contributed by atoms with van der Waals surface area (Å²) in [7, 11) is 0. The molecule has 0 aliphatic carbocycles. The third-order valence-corrected chi connectivity index (χ3v) is 2.48. The molecule has 0 bridgehead atoms. The number of hydrogen-bond acceptors (Lipinski definition) is 6. The van der Waals surface area contributed by atoms with Crippen molar-refractivity contribution in [1.29, 1.82) is 0 Å². The van der Waals surface area contributed by atoms with E-state index < -0.39 is 17.6 Å².